The first-order chi connectivity index (χ1) is 13.0. The normalized spacial score (nSPS) is 18.8. The molecule has 1 fully saturated rings. The number of aliphatic hydroxyl groups excluding tert-OH is 1. The van der Waals surface area contributed by atoms with E-state index in [4.69, 9.17) is 9.47 Å². The van der Waals surface area contributed by atoms with Crippen LogP contribution >= 0.6 is 11.3 Å². The number of aliphatic hydroxyl groups is 1. The van der Waals surface area contributed by atoms with Crippen molar-refractivity contribution >= 4 is 28.8 Å². The fourth-order valence-electron chi connectivity index (χ4n) is 3.24. The van der Waals surface area contributed by atoms with Crippen molar-refractivity contribution in [2.24, 2.45) is 0 Å². The predicted molar refractivity (Wildman–Crippen MR) is 103 cm³/mol. The van der Waals surface area contributed by atoms with Crippen molar-refractivity contribution in [3.63, 3.8) is 0 Å². The van der Waals surface area contributed by atoms with Crippen molar-refractivity contribution in [1.29, 1.82) is 0 Å². The number of carbonyl (C=O) groups excluding carboxylic acids is 2. The van der Waals surface area contributed by atoms with E-state index in [1.807, 2.05) is 24.4 Å². The molecule has 7 heteroatoms. The van der Waals surface area contributed by atoms with Crippen molar-refractivity contribution < 1.29 is 24.2 Å². The maximum absolute atomic E-state index is 12.8. The highest BCUT2D eigenvalue weighted by Crippen LogP contribution is 2.42. The molecule has 0 spiro atoms. The number of methoxy groups -OCH3 is 2. The molecule has 2 aromatic rings. The molecular formula is C20H21NO5S. The van der Waals surface area contributed by atoms with Crippen LogP contribution in [-0.4, -0.2) is 42.5 Å². The molecule has 0 saturated carbocycles. The van der Waals surface area contributed by atoms with E-state index in [1.54, 1.807) is 18.2 Å². The van der Waals surface area contributed by atoms with Gasteiger partial charge in [-0.2, -0.15) is 0 Å². The Balaban J connectivity index is 2.22. The van der Waals surface area contributed by atoms with Crippen LogP contribution in [0.3, 0.4) is 0 Å². The monoisotopic (exact) mass is 387 g/mol. The average molecular weight is 387 g/mol. The van der Waals surface area contributed by atoms with Gasteiger partial charge in [0, 0.05) is 11.4 Å². The summed E-state index contributed by atoms with van der Waals surface area (Å²) in [5.41, 5.74) is 0.385. The standard InChI is InChI=1S/C20H21NO5S/c1-4-9-21-17(15-6-5-10-27-15)16(19(23)20(21)24)18(22)13-11-12(25-2)7-8-14(13)26-3/h5-8,10-11,17,22H,4,9H2,1-3H3/b18-16-. The summed E-state index contributed by atoms with van der Waals surface area (Å²) in [6.07, 6.45) is 0.706. The van der Waals surface area contributed by atoms with Gasteiger partial charge >= 0.3 is 0 Å². The number of ether oxygens (including phenoxy) is 2. The first-order valence-corrected chi connectivity index (χ1v) is 9.45. The molecule has 2 heterocycles. The van der Waals surface area contributed by atoms with Gasteiger partial charge in [-0.25, -0.2) is 0 Å². The summed E-state index contributed by atoms with van der Waals surface area (Å²) in [7, 11) is 2.99. The molecule has 142 valence electrons. The molecule has 1 aliphatic heterocycles. The summed E-state index contributed by atoms with van der Waals surface area (Å²) in [6.45, 7) is 2.37. The largest absolute Gasteiger partial charge is 0.507 e. The number of benzene rings is 1. The van der Waals surface area contributed by atoms with Crippen molar-refractivity contribution in [2.45, 2.75) is 19.4 Å². The third-order valence-electron chi connectivity index (χ3n) is 4.48. The van der Waals surface area contributed by atoms with Gasteiger partial charge in [0.05, 0.1) is 31.4 Å². The number of thiophene rings is 1. The van der Waals surface area contributed by atoms with Gasteiger partial charge in [-0.05, 0) is 36.1 Å². The van der Waals surface area contributed by atoms with Gasteiger partial charge in [0.1, 0.15) is 17.3 Å². The van der Waals surface area contributed by atoms with Crippen LogP contribution in [0.5, 0.6) is 11.5 Å². The third kappa shape index (κ3) is 3.30. The van der Waals surface area contributed by atoms with E-state index in [0.29, 0.717) is 30.0 Å². The molecule has 1 aromatic heterocycles. The highest BCUT2D eigenvalue weighted by Gasteiger charge is 2.46. The minimum Gasteiger partial charge on any atom is -0.507 e. The average Bonchev–Trinajstić information content (AvgIpc) is 3.30. The Bertz CT molecular complexity index is 888. The van der Waals surface area contributed by atoms with Gasteiger partial charge in [-0.1, -0.05) is 13.0 Å². The minimum absolute atomic E-state index is 0.0717. The molecule has 1 unspecified atom stereocenters. The van der Waals surface area contributed by atoms with Crippen LogP contribution < -0.4 is 9.47 Å². The second-order valence-electron chi connectivity index (χ2n) is 6.07. The van der Waals surface area contributed by atoms with E-state index in [0.717, 1.165) is 4.88 Å². The summed E-state index contributed by atoms with van der Waals surface area (Å²) in [5.74, 6) is -0.656. The quantitative estimate of drug-likeness (QED) is 0.466. The summed E-state index contributed by atoms with van der Waals surface area (Å²) in [6, 6.07) is 8.05. The van der Waals surface area contributed by atoms with Gasteiger partial charge < -0.3 is 19.5 Å². The molecular weight excluding hydrogens is 366 g/mol. The number of carbonyl (C=O) groups is 2. The van der Waals surface area contributed by atoms with E-state index < -0.39 is 17.7 Å². The van der Waals surface area contributed by atoms with Crippen molar-refractivity contribution in [3.05, 3.63) is 51.7 Å². The Labute approximate surface area is 161 Å². The molecule has 0 aliphatic carbocycles. The SMILES string of the molecule is CCCN1C(=O)C(=O)/C(=C(\O)c2cc(OC)ccc2OC)C1c1cccs1. The lowest BCUT2D eigenvalue weighted by Gasteiger charge is -2.23. The third-order valence-corrected chi connectivity index (χ3v) is 5.40. The first-order valence-electron chi connectivity index (χ1n) is 8.57. The van der Waals surface area contributed by atoms with Gasteiger partial charge in [0.25, 0.3) is 11.7 Å². The van der Waals surface area contributed by atoms with Crippen LogP contribution in [0.1, 0.15) is 29.8 Å². The number of ketones is 1. The zero-order valence-corrected chi connectivity index (χ0v) is 16.2. The number of likely N-dealkylation sites (tertiary alicyclic amines) is 1. The van der Waals surface area contributed by atoms with Gasteiger partial charge in [0.2, 0.25) is 0 Å². The number of hydrogen-bond donors (Lipinski definition) is 1. The van der Waals surface area contributed by atoms with Gasteiger partial charge in [0.15, 0.2) is 0 Å². The molecule has 1 amide bonds. The van der Waals surface area contributed by atoms with Gasteiger partial charge in [-0.15, -0.1) is 11.3 Å². The van der Waals surface area contributed by atoms with Crippen LogP contribution in [0.4, 0.5) is 0 Å². The molecule has 27 heavy (non-hydrogen) atoms. The lowest BCUT2D eigenvalue weighted by Crippen LogP contribution is -2.30. The Morgan fingerprint density at radius 1 is 1.22 bits per heavy atom. The van der Waals surface area contributed by atoms with Crippen LogP contribution in [0.15, 0.2) is 41.3 Å². The Morgan fingerprint density at radius 2 is 2.00 bits per heavy atom. The Hall–Kier alpha value is -2.80. The zero-order chi connectivity index (χ0) is 19.6. The maximum atomic E-state index is 12.8. The summed E-state index contributed by atoms with van der Waals surface area (Å²) < 4.78 is 10.6. The van der Waals surface area contributed by atoms with Crippen molar-refractivity contribution in [2.75, 3.05) is 20.8 Å². The van der Waals surface area contributed by atoms with E-state index in [2.05, 4.69) is 0 Å². The number of rotatable bonds is 6. The minimum atomic E-state index is -0.691. The van der Waals surface area contributed by atoms with E-state index in [-0.39, 0.29) is 11.3 Å². The summed E-state index contributed by atoms with van der Waals surface area (Å²) in [5, 5.41) is 12.9. The number of Topliss-reactive ketones (excluding diaryl/α,β-unsaturated/α-hetero) is 1. The molecule has 1 saturated heterocycles. The van der Waals surface area contributed by atoms with Crippen LogP contribution in [0, 0.1) is 0 Å². The van der Waals surface area contributed by atoms with E-state index in [1.165, 1.54) is 30.5 Å². The van der Waals surface area contributed by atoms with E-state index >= 15 is 0 Å². The van der Waals surface area contributed by atoms with Crippen LogP contribution in [0.2, 0.25) is 0 Å². The van der Waals surface area contributed by atoms with Crippen molar-refractivity contribution in [3.8, 4) is 11.5 Å². The highest BCUT2D eigenvalue weighted by atomic mass is 32.1. The second kappa shape index (κ2) is 7.84. The summed E-state index contributed by atoms with van der Waals surface area (Å²) >= 11 is 1.44. The lowest BCUT2D eigenvalue weighted by atomic mass is 9.99. The Kier molecular flexibility index (Phi) is 5.51. The van der Waals surface area contributed by atoms with Crippen molar-refractivity contribution in [1.82, 2.24) is 4.90 Å². The molecule has 1 atom stereocenters. The number of amides is 1. The highest BCUT2D eigenvalue weighted by molar-refractivity contribution is 7.10. The molecule has 0 bridgehead atoms. The smallest absolute Gasteiger partial charge is 0.295 e. The van der Waals surface area contributed by atoms with Crippen LogP contribution in [0.25, 0.3) is 5.76 Å². The lowest BCUT2D eigenvalue weighted by molar-refractivity contribution is -0.139. The molecule has 1 N–H and O–H groups in total. The second-order valence-corrected chi connectivity index (χ2v) is 7.05. The Morgan fingerprint density at radius 3 is 2.59 bits per heavy atom. The fourth-order valence-corrected chi connectivity index (χ4v) is 4.08. The molecule has 3 rings (SSSR count). The van der Waals surface area contributed by atoms with Crippen LogP contribution in [-0.2, 0) is 9.59 Å². The summed E-state index contributed by atoms with van der Waals surface area (Å²) in [4.78, 5) is 27.7. The maximum Gasteiger partial charge on any atom is 0.295 e. The first kappa shape index (κ1) is 19.0. The molecule has 0 radical (unpaired) electrons. The van der Waals surface area contributed by atoms with E-state index in [9.17, 15) is 14.7 Å². The number of hydrogen-bond acceptors (Lipinski definition) is 6. The number of nitrogens with zero attached hydrogens (tertiary/aromatic N) is 1. The molecule has 1 aliphatic rings. The zero-order valence-electron chi connectivity index (χ0n) is 15.4. The topological polar surface area (TPSA) is 76.1 Å². The van der Waals surface area contributed by atoms with Gasteiger partial charge in [-0.3, -0.25) is 9.59 Å². The predicted octanol–water partition coefficient (Wildman–Crippen LogP) is 3.60. The molecule has 1 aromatic carbocycles. The fraction of sp³-hybridized carbons (Fsp3) is 0.300. The molecule has 6 nitrogen and oxygen atoms in total.